The number of fused-ring (bicyclic) bond motifs is 8. The van der Waals surface area contributed by atoms with Crippen LogP contribution in [0.1, 0.15) is 0 Å². The van der Waals surface area contributed by atoms with Crippen molar-refractivity contribution >= 4 is 64.9 Å². The fraction of sp³-hybridized carbons (Fsp3) is 0. The molecule has 0 bridgehead atoms. The molecule has 0 radical (unpaired) electrons. The van der Waals surface area contributed by atoms with E-state index in [-0.39, 0.29) is 0 Å². The lowest BCUT2D eigenvalue weighted by Crippen LogP contribution is -1.94. The van der Waals surface area contributed by atoms with Gasteiger partial charge in [-0.3, -0.25) is 4.98 Å². The summed E-state index contributed by atoms with van der Waals surface area (Å²) < 4.78 is 0. The summed E-state index contributed by atoms with van der Waals surface area (Å²) in [6, 6.07) is 64.9. The Labute approximate surface area is 311 Å². The minimum absolute atomic E-state index is 0.840. The standard InChI is InChI=1S/C51H31N3/c1-4-14-37-33(12-1)27-43(41-18-8-6-16-39(37)41)35-22-24-48-46(29-35)44(36-23-25-49(52-31-36)50-26-21-32-11-3-10-20-47(32)53-50)30-51(54-48)45-28-34-13-2-5-15-38(34)40-17-7-9-19-42(40)45/h1-31H. The summed E-state index contributed by atoms with van der Waals surface area (Å²) in [7, 11) is 0. The zero-order chi connectivity index (χ0) is 35.6. The third kappa shape index (κ3) is 4.94. The highest BCUT2D eigenvalue weighted by Crippen LogP contribution is 2.41. The molecule has 11 rings (SSSR count). The molecule has 0 aliphatic rings. The lowest BCUT2D eigenvalue weighted by Gasteiger charge is -2.16. The quantitative estimate of drug-likeness (QED) is 0.173. The second-order valence-electron chi connectivity index (χ2n) is 14.0. The Bertz CT molecular complexity index is 3270. The van der Waals surface area contributed by atoms with Gasteiger partial charge in [-0.2, -0.15) is 0 Å². The fourth-order valence-electron chi connectivity index (χ4n) is 8.24. The summed E-state index contributed by atoms with van der Waals surface area (Å²) in [6.07, 6.45) is 1.99. The predicted octanol–water partition coefficient (Wildman–Crippen LogP) is 13.5. The third-order valence-electron chi connectivity index (χ3n) is 10.9. The van der Waals surface area contributed by atoms with E-state index in [0.717, 1.165) is 61.1 Å². The van der Waals surface area contributed by atoms with E-state index in [1.54, 1.807) is 0 Å². The topological polar surface area (TPSA) is 38.7 Å². The number of benzene rings is 8. The smallest absolute Gasteiger partial charge is 0.0893 e. The summed E-state index contributed by atoms with van der Waals surface area (Å²) >= 11 is 0. The van der Waals surface area contributed by atoms with Crippen molar-refractivity contribution in [3.8, 4) is 44.9 Å². The first-order valence-corrected chi connectivity index (χ1v) is 18.3. The molecule has 0 N–H and O–H groups in total. The molecule has 3 heterocycles. The first-order chi connectivity index (χ1) is 26.7. The second-order valence-corrected chi connectivity index (χ2v) is 14.0. The van der Waals surface area contributed by atoms with Crippen molar-refractivity contribution in [2.24, 2.45) is 0 Å². The van der Waals surface area contributed by atoms with Crippen molar-refractivity contribution in [3.63, 3.8) is 0 Å². The molecule has 54 heavy (non-hydrogen) atoms. The minimum Gasteiger partial charge on any atom is -0.254 e. The minimum atomic E-state index is 0.840. The van der Waals surface area contributed by atoms with Gasteiger partial charge in [0.25, 0.3) is 0 Å². The number of hydrogen-bond donors (Lipinski definition) is 0. The van der Waals surface area contributed by atoms with Crippen LogP contribution in [0.4, 0.5) is 0 Å². The second kappa shape index (κ2) is 12.2. The monoisotopic (exact) mass is 685 g/mol. The number of nitrogens with zero attached hydrogens (tertiary/aromatic N) is 3. The molecule has 0 saturated heterocycles. The summed E-state index contributed by atoms with van der Waals surface area (Å²) in [5.74, 6) is 0. The number of para-hydroxylation sites is 1. The van der Waals surface area contributed by atoms with Gasteiger partial charge in [0.1, 0.15) is 0 Å². The van der Waals surface area contributed by atoms with Crippen molar-refractivity contribution in [1.29, 1.82) is 0 Å². The molecular weight excluding hydrogens is 655 g/mol. The third-order valence-corrected chi connectivity index (χ3v) is 10.9. The molecule has 0 amide bonds. The van der Waals surface area contributed by atoms with Crippen LogP contribution in [0.5, 0.6) is 0 Å². The highest BCUT2D eigenvalue weighted by Gasteiger charge is 2.17. The Morgan fingerprint density at radius 2 is 0.815 bits per heavy atom. The zero-order valence-corrected chi connectivity index (χ0v) is 29.2. The molecule has 0 aliphatic carbocycles. The van der Waals surface area contributed by atoms with Crippen LogP contribution in [0.25, 0.3) is 110 Å². The van der Waals surface area contributed by atoms with Gasteiger partial charge in [0.05, 0.1) is 28.1 Å². The van der Waals surface area contributed by atoms with Crippen molar-refractivity contribution in [2.45, 2.75) is 0 Å². The van der Waals surface area contributed by atoms with Crippen LogP contribution >= 0.6 is 0 Å². The lowest BCUT2D eigenvalue weighted by molar-refractivity contribution is 1.28. The van der Waals surface area contributed by atoms with E-state index >= 15 is 0 Å². The summed E-state index contributed by atoms with van der Waals surface area (Å²) in [5.41, 5.74) is 10.1. The van der Waals surface area contributed by atoms with E-state index in [4.69, 9.17) is 15.0 Å². The van der Waals surface area contributed by atoms with Crippen LogP contribution in [0.3, 0.4) is 0 Å². The first-order valence-electron chi connectivity index (χ1n) is 18.3. The normalized spacial score (nSPS) is 11.7. The van der Waals surface area contributed by atoms with Gasteiger partial charge in [-0.25, -0.2) is 9.97 Å². The van der Waals surface area contributed by atoms with Crippen LogP contribution in [-0.4, -0.2) is 15.0 Å². The number of pyridine rings is 3. The van der Waals surface area contributed by atoms with Gasteiger partial charge >= 0.3 is 0 Å². The molecular formula is C51H31N3. The molecule has 11 aromatic rings. The highest BCUT2D eigenvalue weighted by molar-refractivity contribution is 6.16. The van der Waals surface area contributed by atoms with Gasteiger partial charge in [0, 0.05) is 28.1 Å². The Kier molecular flexibility index (Phi) is 6.86. The lowest BCUT2D eigenvalue weighted by atomic mass is 9.90. The van der Waals surface area contributed by atoms with Crippen molar-refractivity contribution in [1.82, 2.24) is 15.0 Å². The fourth-order valence-corrected chi connectivity index (χ4v) is 8.24. The molecule has 3 heteroatoms. The van der Waals surface area contributed by atoms with E-state index in [0.29, 0.717) is 0 Å². The average molecular weight is 686 g/mol. The Balaban J connectivity index is 1.14. The maximum atomic E-state index is 5.40. The predicted molar refractivity (Wildman–Crippen MR) is 227 cm³/mol. The molecule has 0 spiro atoms. The Morgan fingerprint density at radius 3 is 1.52 bits per heavy atom. The van der Waals surface area contributed by atoms with Crippen molar-refractivity contribution in [2.75, 3.05) is 0 Å². The summed E-state index contributed by atoms with van der Waals surface area (Å²) in [6.45, 7) is 0. The molecule has 0 saturated carbocycles. The zero-order valence-electron chi connectivity index (χ0n) is 29.2. The van der Waals surface area contributed by atoms with Gasteiger partial charge < -0.3 is 0 Å². The van der Waals surface area contributed by atoms with Crippen molar-refractivity contribution < 1.29 is 0 Å². The van der Waals surface area contributed by atoms with Gasteiger partial charge in [0.2, 0.25) is 0 Å². The number of rotatable bonds is 4. The van der Waals surface area contributed by atoms with Crippen LogP contribution in [-0.2, 0) is 0 Å². The van der Waals surface area contributed by atoms with Crippen LogP contribution in [0.15, 0.2) is 188 Å². The van der Waals surface area contributed by atoms with Crippen molar-refractivity contribution in [3.05, 3.63) is 188 Å². The average Bonchev–Trinajstić information content (AvgIpc) is 3.25. The molecule has 0 aliphatic heterocycles. The summed E-state index contributed by atoms with van der Waals surface area (Å²) in [5, 5.41) is 12.0. The van der Waals surface area contributed by atoms with E-state index in [1.807, 2.05) is 24.4 Å². The van der Waals surface area contributed by atoms with Gasteiger partial charge in [-0.05, 0) is 108 Å². The number of hydrogen-bond acceptors (Lipinski definition) is 3. The molecule has 0 unspecified atom stereocenters. The van der Waals surface area contributed by atoms with Crippen LogP contribution < -0.4 is 0 Å². The van der Waals surface area contributed by atoms with Crippen LogP contribution in [0.2, 0.25) is 0 Å². The SMILES string of the molecule is c1ccc2nc(-c3ccc(-c4cc(-c5cc6ccccc6c6ccccc56)nc5ccc(-c6cc7ccccc7c7ccccc67)cc45)cn3)ccc2c1. The molecule has 250 valence electrons. The summed E-state index contributed by atoms with van der Waals surface area (Å²) in [4.78, 5) is 15.3. The molecule has 3 aromatic heterocycles. The largest absolute Gasteiger partial charge is 0.254 e. The van der Waals surface area contributed by atoms with Gasteiger partial charge in [-0.15, -0.1) is 0 Å². The maximum Gasteiger partial charge on any atom is 0.0893 e. The van der Waals surface area contributed by atoms with E-state index in [2.05, 4.69) is 164 Å². The van der Waals surface area contributed by atoms with E-state index < -0.39 is 0 Å². The number of aromatic nitrogens is 3. The molecule has 0 atom stereocenters. The highest BCUT2D eigenvalue weighted by atomic mass is 14.8. The Morgan fingerprint density at radius 1 is 0.278 bits per heavy atom. The Hall–Kier alpha value is -7.23. The van der Waals surface area contributed by atoms with Crippen LogP contribution in [0, 0.1) is 0 Å². The molecule has 8 aromatic carbocycles. The molecule has 0 fully saturated rings. The van der Waals surface area contributed by atoms with Gasteiger partial charge in [-0.1, -0.05) is 133 Å². The maximum absolute atomic E-state index is 5.40. The van der Waals surface area contributed by atoms with Gasteiger partial charge in [0.15, 0.2) is 0 Å². The van der Waals surface area contributed by atoms with E-state index in [1.165, 1.54) is 48.7 Å². The van der Waals surface area contributed by atoms with E-state index in [9.17, 15) is 0 Å². The first kappa shape index (κ1) is 30.4. The molecule has 3 nitrogen and oxygen atoms in total.